The van der Waals surface area contributed by atoms with E-state index in [1.807, 2.05) is 29.2 Å². The minimum absolute atomic E-state index is 0.0228. The zero-order valence-electron chi connectivity index (χ0n) is 15.5. The van der Waals surface area contributed by atoms with Crippen molar-refractivity contribution in [1.82, 2.24) is 9.80 Å². The number of nitrogens with zero attached hydrogens (tertiary/aromatic N) is 2. The van der Waals surface area contributed by atoms with E-state index in [1.165, 1.54) is 11.1 Å². The van der Waals surface area contributed by atoms with Crippen LogP contribution in [0.15, 0.2) is 36.4 Å². The van der Waals surface area contributed by atoms with Crippen molar-refractivity contribution in [3.05, 3.63) is 47.5 Å². The van der Waals surface area contributed by atoms with Crippen LogP contribution in [0.1, 0.15) is 11.1 Å². The Labute approximate surface area is 158 Å². The highest BCUT2D eigenvalue weighted by atomic mass is 16.5. The van der Waals surface area contributed by atoms with Crippen molar-refractivity contribution in [1.29, 1.82) is 0 Å². The maximum absolute atomic E-state index is 13.4. The average Bonchev–Trinajstić information content (AvgIpc) is 3.33. The van der Waals surface area contributed by atoms with Gasteiger partial charge in [-0.15, -0.1) is 0 Å². The summed E-state index contributed by atoms with van der Waals surface area (Å²) in [5, 5.41) is 0. The fraction of sp³-hybridized carbons (Fsp3) is 0.524. The lowest BCUT2D eigenvalue weighted by Gasteiger charge is -2.33. The number of hydrogen-bond donors (Lipinski definition) is 0. The predicted octanol–water partition coefficient (Wildman–Crippen LogP) is 1.000. The standard InChI is InChI=1S/C21H24N2O4/c1-26-11-10-23-13-21-8-6-16(27-21)17(18(21)20(23)25)19(24)22-9-7-14-4-2-3-5-15(14)12-22/h2-6,8,16-18H,7,9-13H2,1H3/t16-,17-,18-,21-/m0/s1. The van der Waals surface area contributed by atoms with E-state index >= 15 is 0 Å². The predicted molar refractivity (Wildman–Crippen MR) is 97.7 cm³/mol. The Hall–Kier alpha value is -2.18. The Bertz CT molecular complexity index is 822. The van der Waals surface area contributed by atoms with Gasteiger partial charge in [0, 0.05) is 26.7 Å². The molecule has 142 valence electrons. The molecule has 5 rings (SSSR count). The molecule has 4 aliphatic heterocycles. The second kappa shape index (κ2) is 6.17. The first-order chi connectivity index (χ1) is 13.1. The van der Waals surface area contributed by atoms with Crippen LogP contribution in [0, 0.1) is 11.8 Å². The highest BCUT2D eigenvalue weighted by molar-refractivity contribution is 5.93. The summed E-state index contributed by atoms with van der Waals surface area (Å²) in [6.45, 7) is 2.85. The van der Waals surface area contributed by atoms with Crippen LogP contribution < -0.4 is 0 Å². The third-order valence-corrected chi connectivity index (χ3v) is 6.47. The number of carbonyl (C=O) groups is 2. The summed E-state index contributed by atoms with van der Waals surface area (Å²) in [5.74, 6) is -0.753. The molecule has 2 amide bonds. The van der Waals surface area contributed by atoms with Crippen LogP contribution >= 0.6 is 0 Å². The van der Waals surface area contributed by atoms with E-state index in [1.54, 1.807) is 12.0 Å². The topological polar surface area (TPSA) is 59.1 Å². The third-order valence-electron chi connectivity index (χ3n) is 6.47. The Kier molecular flexibility index (Phi) is 3.88. The summed E-state index contributed by atoms with van der Waals surface area (Å²) < 4.78 is 11.3. The van der Waals surface area contributed by atoms with Crippen LogP contribution in [-0.2, 0) is 32.0 Å². The highest BCUT2D eigenvalue weighted by Crippen LogP contribution is 2.52. The van der Waals surface area contributed by atoms with E-state index in [9.17, 15) is 9.59 Å². The molecule has 4 aliphatic rings. The molecule has 1 spiro atoms. The van der Waals surface area contributed by atoms with Crippen LogP contribution in [0.25, 0.3) is 0 Å². The molecule has 2 bridgehead atoms. The van der Waals surface area contributed by atoms with Crippen LogP contribution in [0.2, 0.25) is 0 Å². The van der Waals surface area contributed by atoms with Gasteiger partial charge in [0.25, 0.3) is 0 Å². The van der Waals surface area contributed by atoms with E-state index in [-0.39, 0.29) is 17.9 Å². The van der Waals surface area contributed by atoms with Gasteiger partial charge in [0.2, 0.25) is 11.8 Å². The van der Waals surface area contributed by atoms with E-state index in [2.05, 4.69) is 12.1 Å². The summed E-state index contributed by atoms with van der Waals surface area (Å²) in [6.07, 6.45) is 4.56. The number of rotatable bonds is 4. The van der Waals surface area contributed by atoms with Gasteiger partial charge in [-0.05, 0) is 17.5 Å². The van der Waals surface area contributed by atoms with Gasteiger partial charge >= 0.3 is 0 Å². The number of fused-ring (bicyclic) bond motifs is 2. The lowest BCUT2D eigenvalue weighted by atomic mass is 9.76. The minimum Gasteiger partial charge on any atom is -0.383 e. The molecule has 0 unspecified atom stereocenters. The van der Waals surface area contributed by atoms with Crippen LogP contribution in [-0.4, -0.2) is 66.7 Å². The van der Waals surface area contributed by atoms with Gasteiger partial charge in [-0.3, -0.25) is 9.59 Å². The molecule has 6 heteroatoms. The third kappa shape index (κ3) is 2.47. The van der Waals surface area contributed by atoms with Crippen molar-refractivity contribution < 1.29 is 19.1 Å². The molecule has 27 heavy (non-hydrogen) atoms. The zero-order chi connectivity index (χ0) is 18.6. The van der Waals surface area contributed by atoms with Crippen LogP contribution in [0.5, 0.6) is 0 Å². The number of methoxy groups -OCH3 is 1. The van der Waals surface area contributed by atoms with Crippen molar-refractivity contribution in [2.75, 3.05) is 33.4 Å². The van der Waals surface area contributed by atoms with Gasteiger partial charge in [0.05, 0.1) is 31.1 Å². The van der Waals surface area contributed by atoms with E-state index in [0.717, 1.165) is 6.42 Å². The maximum Gasteiger partial charge on any atom is 0.230 e. The summed E-state index contributed by atoms with van der Waals surface area (Å²) in [6, 6.07) is 8.27. The lowest BCUT2D eigenvalue weighted by molar-refractivity contribution is -0.144. The van der Waals surface area contributed by atoms with Crippen molar-refractivity contribution >= 4 is 11.8 Å². The number of hydrogen-bond acceptors (Lipinski definition) is 4. The number of amides is 2. The second-order valence-corrected chi connectivity index (χ2v) is 7.93. The van der Waals surface area contributed by atoms with Crippen LogP contribution in [0.3, 0.4) is 0 Å². The molecular weight excluding hydrogens is 344 g/mol. The maximum atomic E-state index is 13.4. The molecule has 2 saturated heterocycles. The average molecular weight is 368 g/mol. The first-order valence-electron chi connectivity index (χ1n) is 9.63. The Morgan fingerprint density at radius 1 is 1.33 bits per heavy atom. The second-order valence-electron chi connectivity index (χ2n) is 7.93. The van der Waals surface area contributed by atoms with Gasteiger partial charge in [-0.25, -0.2) is 0 Å². The summed E-state index contributed by atoms with van der Waals surface area (Å²) >= 11 is 0. The molecule has 4 atom stereocenters. The van der Waals surface area contributed by atoms with Crippen molar-refractivity contribution in [2.45, 2.75) is 24.7 Å². The van der Waals surface area contributed by atoms with Crippen molar-refractivity contribution in [2.24, 2.45) is 11.8 Å². The molecule has 0 N–H and O–H groups in total. The molecule has 1 aromatic carbocycles. The fourth-order valence-electron chi connectivity index (χ4n) is 5.15. The molecule has 0 aromatic heterocycles. The van der Waals surface area contributed by atoms with Gasteiger partial charge in [0.15, 0.2) is 0 Å². The Morgan fingerprint density at radius 2 is 2.15 bits per heavy atom. The van der Waals surface area contributed by atoms with E-state index < -0.39 is 17.4 Å². The normalized spacial score (nSPS) is 33.5. The first kappa shape index (κ1) is 17.0. The minimum atomic E-state index is -0.635. The quantitative estimate of drug-likeness (QED) is 0.744. The Balaban J connectivity index is 1.39. The first-order valence-corrected chi connectivity index (χ1v) is 9.63. The summed E-state index contributed by atoms with van der Waals surface area (Å²) in [4.78, 5) is 30.2. The summed E-state index contributed by atoms with van der Waals surface area (Å²) in [7, 11) is 1.63. The number of likely N-dealkylation sites (tertiary alicyclic amines) is 1. The number of ether oxygens (including phenoxy) is 2. The largest absolute Gasteiger partial charge is 0.383 e. The molecule has 1 aromatic rings. The van der Waals surface area contributed by atoms with Gasteiger partial charge < -0.3 is 19.3 Å². The molecular formula is C21H24N2O4. The van der Waals surface area contributed by atoms with Crippen molar-refractivity contribution in [3.63, 3.8) is 0 Å². The summed E-state index contributed by atoms with van der Waals surface area (Å²) in [5.41, 5.74) is 1.87. The number of carbonyl (C=O) groups excluding carboxylic acids is 2. The van der Waals surface area contributed by atoms with E-state index in [4.69, 9.17) is 9.47 Å². The molecule has 6 nitrogen and oxygen atoms in total. The van der Waals surface area contributed by atoms with Gasteiger partial charge in [-0.2, -0.15) is 0 Å². The lowest BCUT2D eigenvalue weighted by Crippen LogP contribution is -2.47. The molecule has 2 fully saturated rings. The highest BCUT2D eigenvalue weighted by Gasteiger charge is 2.67. The molecule has 0 radical (unpaired) electrons. The van der Waals surface area contributed by atoms with E-state index in [0.29, 0.717) is 32.8 Å². The van der Waals surface area contributed by atoms with Gasteiger partial charge in [0.1, 0.15) is 5.60 Å². The van der Waals surface area contributed by atoms with Crippen molar-refractivity contribution in [3.8, 4) is 0 Å². The number of benzene rings is 1. The monoisotopic (exact) mass is 368 g/mol. The smallest absolute Gasteiger partial charge is 0.230 e. The zero-order valence-corrected chi connectivity index (χ0v) is 15.5. The molecule has 0 saturated carbocycles. The fourth-order valence-corrected chi connectivity index (χ4v) is 5.15. The van der Waals surface area contributed by atoms with Crippen LogP contribution in [0.4, 0.5) is 0 Å². The van der Waals surface area contributed by atoms with Gasteiger partial charge in [-0.1, -0.05) is 36.4 Å². The Morgan fingerprint density at radius 3 is 2.96 bits per heavy atom. The molecule has 0 aliphatic carbocycles. The SMILES string of the molecule is COCCN1C[C@]23C=C[C@H](O2)[C@H](C(=O)N2CCc4ccccc4C2)[C@H]3C1=O. The molecule has 4 heterocycles.